The van der Waals surface area contributed by atoms with E-state index in [0.717, 1.165) is 11.1 Å². The molecule has 0 amide bonds. The highest BCUT2D eigenvalue weighted by molar-refractivity contribution is 5.95. The van der Waals surface area contributed by atoms with Crippen LogP contribution >= 0.6 is 0 Å². The average molecular weight is 437 g/mol. The van der Waals surface area contributed by atoms with Gasteiger partial charge in [0, 0.05) is 17.6 Å². The number of hydrogen-bond acceptors (Lipinski definition) is 3. The van der Waals surface area contributed by atoms with E-state index in [4.69, 9.17) is 12.2 Å². The Morgan fingerprint density at radius 2 is 1.88 bits per heavy atom. The van der Waals surface area contributed by atoms with Crippen LogP contribution in [-0.2, 0) is 12.8 Å². The Labute approximate surface area is 186 Å². The number of benzene rings is 2. The molecular formula is C26H25F2NO3. The standard InChI is InChI=1S/C26H25F2NO3/c1-4-17(7-6-16(3)27)13-20-15-23(26(31)32)25(30)24(29)22(20)14-18(5-2)12-19-8-10-21(28)11-9-19/h1,6-11,14-15,30H,5,12-13,29H2,2-3H3,(H,31,32)/b16-6+,17-7+,18-14+. The number of anilines is 1. The van der Waals surface area contributed by atoms with E-state index in [-0.39, 0.29) is 23.5 Å². The van der Waals surface area contributed by atoms with Crippen LogP contribution in [0.4, 0.5) is 14.5 Å². The number of carboxylic acids is 1. The lowest BCUT2D eigenvalue weighted by Crippen LogP contribution is -2.06. The molecule has 0 bridgehead atoms. The van der Waals surface area contributed by atoms with Gasteiger partial charge in [0.1, 0.15) is 11.4 Å². The number of carboxylic acid groups (broad SMARTS) is 1. The van der Waals surface area contributed by atoms with Gasteiger partial charge in [-0.2, -0.15) is 0 Å². The summed E-state index contributed by atoms with van der Waals surface area (Å²) in [4.78, 5) is 11.6. The summed E-state index contributed by atoms with van der Waals surface area (Å²) in [6.45, 7) is 3.22. The van der Waals surface area contributed by atoms with Crippen molar-refractivity contribution < 1.29 is 23.8 Å². The summed E-state index contributed by atoms with van der Waals surface area (Å²) in [5.74, 6) is -0.155. The lowest BCUT2D eigenvalue weighted by Gasteiger charge is -2.15. The summed E-state index contributed by atoms with van der Waals surface area (Å²) in [7, 11) is 0. The van der Waals surface area contributed by atoms with Crippen LogP contribution in [0.15, 0.2) is 59.5 Å². The van der Waals surface area contributed by atoms with Crippen molar-refractivity contribution in [2.75, 3.05) is 5.73 Å². The molecule has 0 fully saturated rings. The fourth-order valence-electron chi connectivity index (χ4n) is 3.17. The molecule has 0 saturated heterocycles. The van der Waals surface area contributed by atoms with Crippen LogP contribution in [0.5, 0.6) is 5.75 Å². The second-order valence-corrected chi connectivity index (χ2v) is 7.29. The van der Waals surface area contributed by atoms with E-state index in [1.807, 2.05) is 6.92 Å². The van der Waals surface area contributed by atoms with Crippen LogP contribution in [0.1, 0.15) is 47.3 Å². The van der Waals surface area contributed by atoms with Crippen molar-refractivity contribution in [1.82, 2.24) is 0 Å². The first-order valence-corrected chi connectivity index (χ1v) is 9.97. The molecule has 0 saturated carbocycles. The molecule has 4 nitrogen and oxygen atoms in total. The molecule has 0 aromatic heterocycles. The molecule has 0 atom stereocenters. The van der Waals surface area contributed by atoms with E-state index in [1.54, 1.807) is 18.2 Å². The Bertz CT molecular complexity index is 1130. The van der Waals surface area contributed by atoms with Gasteiger partial charge in [-0.25, -0.2) is 13.6 Å². The van der Waals surface area contributed by atoms with Gasteiger partial charge in [0.05, 0.1) is 11.5 Å². The third-order valence-corrected chi connectivity index (χ3v) is 4.92. The number of rotatable bonds is 8. The van der Waals surface area contributed by atoms with E-state index >= 15 is 0 Å². The highest BCUT2D eigenvalue weighted by Gasteiger charge is 2.19. The van der Waals surface area contributed by atoms with Crippen molar-refractivity contribution in [3.8, 4) is 18.1 Å². The summed E-state index contributed by atoms with van der Waals surface area (Å²) < 4.78 is 26.4. The third-order valence-electron chi connectivity index (χ3n) is 4.92. The van der Waals surface area contributed by atoms with Crippen molar-refractivity contribution in [2.45, 2.75) is 33.1 Å². The van der Waals surface area contributed by atoms with E-state index in [0.29, 0.717) is 29.5 Å². The largest absolute Gasteiger partial charge is 0.505 e. The fourth-order valence-corrected chi connectivity index (χ4v) is 3.17. The summed E-state index contributed by atoms with van der Waals surface area (Å²) in [6, 6.07) is 7.43. The minimum atomic E-state index is -1.33. The quantitative estimate of drug-likeness (QED) is 0.210. The molecule has 0 radical (unpaired) electrons. The van der Waals surface area contributed by atoms with Crippen molar-refractivity contribution in [3.05, 3.63) is 87.5 Å². The average Bonchev–Trinajstić information content (AvgIpc) is 2.75. The summed E-state index contributed by atoms with van der Waals surface area (Å²) in [5.41, 5.74) is 8.84. The zero-order valence-corrected chi connectivity index (χ0v) is 18.0. The Hall–Kier alpha value is -3.85. The minimum absolute atomic E-state index is 0.0847. The first-order valence-electron chi connectivity index (χ1n) is 9.97. The number of nitrogens with two attached hydrogens (primary N) is 1. The van der Waals surface area contributed by atoms with Gasteiger partial charge < -0.3 is 15.9 Å². The number of nitrogen functional groups attached to an aromatic ring is 1. The number of terminal acetylenes is 1. The molecule has 0 aliphatic carbocycles. The van der Waals surface area contributed by atoms with Gasteiger partial charge in [-0.05, 0) is 61.2 Å². The minimum Gasteiger partial charge on any atom is -0.505 e. The normalized spacial score (nSPS) is 12.5. The van der Waals surface area contributed by atoms with Gasteiger partial charge in [0.25, 0.3) is 0 Å². The lowest BCUT2D eigenvalue weighted by molar-refractivity contribution is 0.0693. The predicted molar refractivity (Wildman–Crippen MR) is 123 cm³/mol. The Kier molecular flexibility index (Phi) is 8.37. The number of allylic oxidation sites excluding steroid dienone is 5. The highest BCUT2D eigenvalue weighted by Crippen LogP contribution is 2.35. The smallest absolute Gasteiger partial charge is 0.339 e. The van der Waals surface area contributed by atoms with Gasteiger partial charge in [-0.3, -0.25) is 0 Å². The predicted octanol–water partition coefficient (Wildman–Crippen LogP) is 5.82. The SMILES string of the molecule is C#C/C(=C\C=C(/C)F)Cc1cc(C(=O)O)c(O)c(N)c1/C=C(\CC)Cc1ccc(F)cc1. The number of phenols is 1. The molecule has 2 rings (SSSR count). The molecule has 4 N–H and O–H groups in total. The van der Waals surface area contributed by atoms with Crippen LogP contribution in [0, 0.1) is 18.2 Å². The Morgan fingerprint density at radius 1 is 1.22 bits per heavy atom. The van der Waals surface area contributed by atoms with Crippen LogP contribution in [-0.4, -0.2) is 16.2 Å². The van der Waals surface area contributed by atoms with E-state index in [9.17, 15) is 23.8 Å². The lowest BCUT2D eigenvalue weighted by atomic mass is 9.92. The Balaban J connectivity index is 2.61. The fraction of sp³-hybridized carbons (Fsp3) is 0.192. The van der Waals surface area contributed by atoms with Crippen molar-refractivity contribution >= 4 is 17.7 Å². The van der Waals surface area contributed by atoms with Crippen LogP contribution in [0.25, 0.3) is 6.08 Å². The number of aromatic carboxylic acids is 1. The van der Waals surface area contributed by atoms with E-state index < -0.39 is 17.5 Å². The van der Waals surface area contributed by atoms with Gasteiger partial charge in [0.2, 0.25) is 0 Å². The summed E-state index contributed by atoms with van der Waals surface area (Å²) in [6.07, 6.45) is 11.3. The monoisotopic (exact) mass is 437 g/mol. The maximum absolute atomic E-state index is 13.2. The Morgan fingerprint density at radius 3 is 2.41 bits per heavy atom. The van der Waals surface area contributed by atoms with Gasteiger partial charge in [-0.1, -0.05) is 36.6 Å². The first-order chi connectivity index (χ1) is 15.2. The molecule has 6 heteroatoms. The zero-order valence-electron chi connectivity index (χ0n) is 18.0. The number of halogens is 2. The maximum atomic E-state index is 13.2. The summed E-state index contributed by atoms with van der Waals surface area (Å²) in [5, 5.41) is 19.8. The number of hydrogen-bond donors (Lipinski definition) is 3. The van der Waals surface area contributed by atoms with E-state index in [2.05, 4.69) is 5.92 Å². The third kappa shape index (κ3) is 6.32. The molecule has 0 unspecified atom stereocenters. The van der Waals surface area contributed by atoms with Crippen LogP contribution in [0.2, 0.25) is 0 Å². The molecule has 32 heavy (non-hydrogen) atoms. The van der Waals surface area contributed by atoms with E-state index in [1.165, 1.54) is 37.3 Å². The zero-order chi connectivity index (χ0) is 23.8. The number of carbonyl (C=O) groups is 1. The first kappa shape index (κ1) is 24.4. The maximum Gasteiger partial charge on any atom is 0.339 e. The van der Waals surface area contributed by atoms with Crippen LogP contribution < -0.4 is 5.73 Å². The second-order valence-electron chi connectivity index (χ2n) is 7.29. The molecule has 0 aliphatic heterocycles. The molecule has 0 aliphatic rings. The molecule has 0 spiro atoms. The van der Waals surface area contributed by atoms with Crippen LogP contribution in [0.3, 0.4) is 0 Å². The topological polar surface area (TPSA) is 83.5 Å². The van der Waals surface area contributed by atoms with Crippen molar-refractivity contribution in [1.29, 1.82) is 0 Å². The van der Waals surface area contributed by atoms with Crippen molar-refractivity contribution in [3.63, 3.8) is 0 Å². The van der Waals surface area contributed by atoms with Gasteiger partial charge in [0.15, 0.2) is 5.75 Å². The number of aromatic hydroxyl groups is 1. The van der Waals surface area contributed by atoms with Gasteiger partial charge >= 0.3 is 5.97 Å². The molecule has 0 heterocycles. The molecule has 2 aromatic rings. The van der Waals surface area contributed by atoms with Gasteiger partial charge in [-0.15, -0.1) is 6.42 Å². The molecule has 2 aromatic carbocycles. The molecular weight excluding hydrogens is 412 g/mol. The second kappa shape index (κ2) is 11.0. The van der Waals surface area contributed by atoms with Crippen molar-refractivity contribution in [2.24, 2.45) is 0 Å². The summed E-state index contributed by atoms with van der Waals surface area (Å²) >= 11 is 0. The highest BCUT2D eigenvalue weighted by atomic mass is 19.1. The molecule has 166 valence electrons.